The molecule has 18 heavy (non-hydrogen) atoms. The van der Waals surface area contributed by atoms with Crippen LogP contribution in [0.4, 0.5) is 0 Å². The number of carbonyl (C=O) groups is 1. The van der Waals surface area contributed by atoms with Crippen LogP contribution in [0, 0.1) is 6.92 Å². The second-order valence-electron chi connectivity index (χ2n) is 4.83. The van der Waals surface area contributed by atoms with Crippen molar-refractivity contribution in [3.8, 4) is 0 Å². The van der Waals surface area contributed by atoms with E-state index < -0.39 is 0 Å². The Kier molecular flexibility index (Phi) is 5.35. The molecular weight excluding hydrogens is 294 g/mol. The molecular formula is C14H20BrNO2. The lowest BCUT2D eigenvalue weighted by molar-refractivity contribution is 0.0885. The van der Waals surface area contributed by atoms with Crippen LogP contribution < -0.4 is 5.32 Å². The molecule has 1 aromatic rings. The molecule has 0 spiro atoms. The summed E-state index contributed by atoms with van der Waals surface area (Å²) in [6.07, 6.45) is 1.33. The van der Waals surface area contributed by atoms with Crippen LogP contribution in [0.5, 0.6) is 0 Å². The van der Waals surface area contributed by atoms with Crippen LogP contribution in [0.1, 0.15) is 42.6 Å². The first-order valence-electron chi connectivity index (χ1n) is 6.11. The van der Waals surface area contributed by atoms with Crippen LogP contribution in [0.25, 0.3) is 0 Å². The minimum absolute atomic E-state index is 0.0691. The Bertz CT molecular complexity index is 434. The maximum absolute atomic E-state index is 12.2. The maximum Gasteiger partial charge on any atom is 0.252 e. The zero-order valence-electron chi connectivity index (χ0n) is 11.1. The number of carbonyl (C=O) groups excluding carboxylic acids is 1. The largest absolute Gasteiger partial charge is 0.396 e. The highest BCUT2D eigenvalue weighted by molar-refractivity contribution is 9.10. The summed E-state index contributed by atoms with van der Waals surface area (Å²) in [5.41, 5.74) is 1.31. The number of hydrogen-bond acceptors (Lipinski definition) is 2. The van der Waals surface area contributed by atoms with Crippen molar-refractivity contribution >= 4 is 21.8 Å². The topological polar surface area (TPSA) is 49.3 Å². The van der Waals surface area contributed by atoms with E-state index in [0.717, 1.165) is 16.5 Å². The molecule has 4 heteroatoms. The number of aliphatic hydroxyl groups is 1. The monoisotopic (exact) mass is 313 g/mol. The number of rotatable bonds is 5. The van der Waals surface area contributed by atoms with Gasteiger partial charge < -0.3 is 10.4 Å². The predicted octanol–water partition coefficient (Wildman–Crippen LogP) is 3.04. The third kappa shape index (κ3) is 3.82. The first kappa shape index (κ1) is 15.2. The van der Waals surface area contributed by atoms with Crippen LogP contribution in [-0.4, -0.2) is 23.2 Å². The van der Waals surface area contributed by atoms with E-state index in [9.17, 15) is 4.79 Å². The summed E-state index contributed by atoms with van der Waals surface area (Å²) in [7, 11) is 0. The van der Waals surface area contributed by atoms with Crippen molar-refractivity contribution < 1.29 is 9.90 Å². The van der Waals surface area contributed by atoms with Gasteiger partial charge in [-0.15, -0.1) is 0 Å². The Hall–Kier alpha value is -0.870. The van der Waals surface area contributed by atoms with Crippen molar-refractivity contribution in [1.29, 1.82) is 0 Å². The van der Waals surface area contributed by atoms with E-state index in [-0.39, 0.29) is 18.1 Å². The summed E-state index contributed by atoms with van der Waals surface area (Å²) in [6, 6.07) is 5.68. The zero-order valence-corrected chi connectivity index (χ0v) is 12.7. The first-order chi connectivity index (χ1) is 8.41. The fourth-order valence-electron chi connectivity index (χ4n) is 1.73. The van der Waals surface area contributed by atoms with Crippen LogP contribution in [0.2, 0.25) is 0 Å². The normalized spacial score (nSPS) is 14.1. The number of hydrogen-bond donors (Lipinski definition) is 2. The molecule has 0 bridgehead atoms. The molecule has 0 fully saturated rings. The molecule has 1 unspecified atom stereocenters. The van der Waals surface area contributed by atoms with Gasteiger partial charge in [0.1, 0.15) is 0 Å². The van der Waals surface area contributed by atoms with Crippen molar-refractivity contribution in [1.82, 2.24) is 5.32 Å². The van der Waals surface area contributed by atoms with E-state index in [4.69, 9.17) is 5.11 Å². The molecule has 1 atom stereocenters. The van der Waals surface area contributed by atoms with Gasteiger partial charge in [0, 0.05) is 16.6 Å². The Morgan fingerprint density at radius 2 is 2.17 bits per heavy atom. The molecule has 1 aromatic carbocycles. The molecule has 0 saturated heterocycles. The predicted molar refractivity (Wildman–Crippen MR) is 76.7 cm³/mol. The zero-order chi connectivity index (χ0) is 13.8. The third-order valence-electron chi connectivity index (χ3n) is 3.23. The summed E-state index contributed by atoms with van der Waals surface area (Å²) < 4.78 is 0.785. The number of halogens is 1. The second kappa shape index (κ2) is 6.34. The van der Waals surface area contributed by atoms with Gasteiger partial charge in [-0.1, -0.05) is 18.6 Å². The van der Waals surface area contributed by atoms with Gasteiger partial charge in [-0.25, -0.2) is 0 Å². The highest BCUT2D eigenvalue weighted by atomic mass is 79.9. The molecule has 0 heterocycles. The van der Waals surface area contributed by atoms with Crippen molar-refractivity contribution in [2.24, 2.45) is 0 Å². The van der Waals surface area contributed by atoms with Gasteiger partial charge in [-0.2, -0.15) is 0 Å². The van der Waals surface area contributed by atoms with Gasteiger partial charge in [-0.3, -0.25) is 4.79 Å². The molecule has 1 amide bonds. The molecule has 1 rings (SSSR count). The Morgan fingerprint density at radius 3 is 2.72 bits per heavy atom. The van der Waals surface area contributed by atoms with E-state index in [0.29, 0.717) is 12.0 Å². The van der Waals surface area contributed by atoms with Crippen molar-refractivity contribution in [3.63, 3.8) is 0 Å². The average molecular weight is 314 g/mol. The van der Waals surface area contributed by atoms with Gasteiger partial charge in [0.2, 0.25) is 0 Å². The summed E-state index contributed by atoms with van der Waals surface area (Å²) >= 11 is 3.39. The fraction of sp³-hybridized carbons (Fsp3) is 0.500. The van der Waals surface area contributed by atoms with E-state index in [1.165, 1.54) is 0 Å². The van der Waals surface area contributed by atoms with Gasteiger partial charge >= 0.3 is 0 Å². The summed E-state index contributed by atoms with van der Waals surface area (Å²) in [6.45, 7) is 5.97. The van der Waals surface area contributed by atoms with Gasteiger partial charge in [0.25, 0.3) is 5.91 Å². The quantitative estimate of drug-likeness (QED) is 0.877. The van der Waals surface area contributed by atoms with E-state index >= 15 is 0 Å². The standard InChI is InChI=1S/C14H20BrNO2/c1-4-14(3,7-8-17)16-13(18)11-9-10(2)5-6-12(11)15/h5-6,9,17H,4,7-8H2,1-3H3,(H,16,18). The second-order valence-corrected chi connectivity index (χ2v) is 5.68. The summed E-state index contributed by atoms with van der Waals surface area (Å²) in [5.74, 6) is -0.108. The van der Waals surface area contributed by atoms with Crippen LogP contribution >= 0.6 is 15.9 Å². The lowest BCUT2D eigenvalue weighted by Crippen LogP contribution is -2.46. The lowest BCUT2D eigenvalue weighted by Gasteiger charge is -2.29. The number of aryl methyl sites for hydroxylation is 1. The van der Waals surface area contributed by atoms with E-state index in [1.807, 2.05) is 39.0 Å². The van der Waals surface area contributed by atoms with Crippen molar-refractivity contribution in [2.75, 3.05) is 6.61 Å². The highest BCUT2D eigenvalue weighted by Crippen LogP contribution is 2.20. The minimum atomic E-state index is -0.366. The van der Waals surface area contributed by atoms with Gasteiger partial charge in [0.15, 0.2) is 0 Å². The molecule has 0 aliphatic carbocycles. The van der Waals surface area contributed by atoms with Crippen LogP contribution in [-0.2, 0) is 0 Å². The Balaban J connectivity index is 2.90. The molecule has 0 aliphatic rings. The number of nitrogens with one attached hydrogen (secondary N) is 1. The smallest absolute Gasteiger partial charge is 0.252 e. The molecule has 0 aromatic heterocycles. The van der Waals surface area contributed by atoms with Crippen molar-refractivity contribution in [2.45, 2.75) is 39.2 Å². The Labute approximate surface area is 117 Å². The third-order valence-corrected chi connectivity index (χ3v) is 3.92. The van der Waals surface area contributed by atoms with Gasteiger partial charge in [0.05, 0.1) is 5.56 Å². The van der Waals surface area contributed by atoms with Crippen LogP contribution in [0.15, 0.2) is 22.7 Å². The number of aliphatic hydroxyl groups excluding tert-OH is 1. The molecule has 3 nitrogen and oxygen atoms in total. The molecule has 0 radical (unpaired) electrons. The van der Waals surface area contributed by atoms with Crippen LogP contribution in [0.3, 0.4) is 0 Å². The molecule has 100 valence electrons. The molecule has 0 aliphatic heterocycles. The first-order valence-corrected chi connectivity index (χ1v) is 6.90. The number of benzene rings is 1. The fourth-order valence-corrected chi connectivity index (χ4v) is 2.16. The molecule has 2 N–H and O–H groups in total. The van der Waals surface area contributed by atoms with E-state index in [1.54, 1.807) is 0 Å². The molecule has 0 saturated carbocycles. The average Bonchev–Trinajstić information content (AvgIpc) is 2.32. The summed E-state index contributed by atoms with van der Waals surface area (Å²) in [4.78, 5) is 12.2. The summed E-state index contributed by atoms with van der Waals surface area (Å²) in [5, 5.41) is 12.1. The van der Waals surface area contributed by atoms with Crippen molar-refractivity contribution in [3.05, 3.63) is 33.8 Å². The number of amides is 1. The van der Waals surface area contributed by atoms with Gasteiger partial charge in [-0.05, 0) is 54.8 Å². The minimum Gasteiger partial charge on any atom is -0.396 e. The SMILES string of the molecule is CCC(C)(CCO)NC(=O)c1cc(C)ccc1Br. The lowest BCUT2D eigenvalue weighted by atomic mass is 9.94. The highest BCUT2D eigenvalue weighted by Gasteiger charge is 2.25. The Morgan fingerprint density at radius 1 is 1.50 bits per heavy atom. The van der Waals surface area contributed by atoms with E-state index in [2.05, 4.69) is 21.2 Å². The maximum atomic E-state index is 12.2.